The van der Waals surface area contributed by atoms with Gasteiger partial charge in [-0.05, 0) is 63.4 Å². The van der Waals surface area contributed by atoms with Crippen LogP contribution in [0.1, 0.15) is 32.3 Å². The van der Waals surface area contributed by atoms with Gasteiger partial charge in [0.25, 0.3) is 0 Å². The molecule has 0 aliphatic carbocycles. The minimum atomic E-state index is 0.470. The molecular formula is C19H29N5. The predicted molar refractivity (Wildman–Crippen MR) is 98.0 cm³/mol. The van der Waals surface area contributed by atoms with Gasteiger partial charge < -0.3 is 4.90 Å². The summed E-state index contributed by atoms with van der Waals surface area (Å²) >= 11 is 0. The molecule has 3 heterocycles. The summed E-state index contributed by atoms with van der Waals surface area (Å²) in [6.45, 7) is 8.76. The first kappa shape index (κ1) is 17.0. The third-order valence-electron chi connectivity index (χ3n) is 5.06. The maximum absolute atomic E-state index is 4.62. The molecule has 5 nitrogen and oxygen atoms in total. The van der Waals surface area contributed by atoms with E-state index >= 15 is 0 Å². The minimum absolute atomic E-state index is 0.470. The number of pyridine rings is 1. The van der Waals surface area contributed by atoms with Crippen molar-refractivity contribution in [2.24, 2.45) is 5.92 Å². The highest BCUT2D eigenvalue weighted by Crippen LogP contribution is 2.21. The van der Waals surface area contributed by atoms with Crippen molar-refractivity contribution >= 4 is 5.82 Å². The summed E-state index contributed by atoms with van der Waals surface area (Å²) in [6.07, 6.45) is 8.46. The molecule has 0 saturated carbocycles. The van der Waals surface area contributed by atoms with Crippen LogP contribution >= 0.6 is 0 Å². The fraction of sp³-hybridized carbons (Fsp3) is 0.579. The Labute approximate surface area is 145 Å². The third-order valence-corrected chi connectivity index (χ3v) is 5.06. The standard InChI is InChI=1S/C19H29N5/c1-16(2)22(3)19-6-5-18(13-20-19)14-23-11-7-17(8-12-23)15-24-10-4-9-21-24/h4-6,9-10,13,16-17H,7-8,11-12,14-15H2,1-3H3. The van der Waals surface area contributed by atoms with Gasteiger partial charge in [0, 0.05) is 44.8 Å². The number of hydrogen-bond acceptors (Lipinski definition) is 4. The lowest BCUT2D eigenvalue weighted by molar-refractivity contribution is 0.164. The molecule has 2 aromatic rings. The van der Waals surface area contributed by atoms with Crippen LogP contribution in [0.4, 0.5) is 5.82 Å². The Balaban J connectivity index is 1.47. The van der Waals surface area contributed by atoms with Crippen molar-refractivity contribution in [1.82, 2.24) is 19.7 Å². The van der Waals surface area contributed by atoms with Crippen LogP contribution in [0.5, 0.6) is 0 Å². The Hall–Kier alpha value is -1.88. The molecule has 0 aromatic carbocycles. The SMILES string of the molecule is CC(C)N(C)c1ccc(CN2CCC(Cn3cccn3)CC2)cn1. The highest BCUT2D eigenvalue weighted by molar-refractivity contribution is 5.39. The lowest BCUT2D eigenvalue weighted by atomic mass is 9.96. The molecule has 0 amide bonds. The first-order valence-electron chi connectivity index (χ1n) is 8.99. The fourth-order valence-corrected chi connectivity index (χ4v) is 3.24. The van der Waals surface area contributed by atoms with E-state index in [1.165, 1.54) is 31.5 Å². The zero-order chi connectivity index (χ0) is 16.9. The van der Waals surface area contributed by atoms with Crippen molar-refractivity contribution in [2.45, 2.75) is 45.8 Å². The van der Waals surface area contributed by atoms with Crippen LogP contribution in [-0.2, 0) is 13.1 Å². The summed E-state index contributed by atoms with van der Waals surface area (Å²) in [5.41, 5.74) is 1.31. The lowest BCUT2D eigenvalue weighted by Crippen LogP contribution is -2.34. The Kier molecular flexibility index (Phi) is 5.51. The van der Waals surface area contributed by atoms with Crippen molar-refractivity contribution in [3.8, 4) is 0 Å². The highest BCUT2D eigenvalue weighted by atomic mass is 15.3. The zero-order valence-corrected chi connectivity index (χ0v) is 15.1. The van der Waals surface area contributed by atoms with Gasteiger partial charge in [-0.15, -0.1) is 0 Å². The number of aromatic nitrogens is 3. The van der Waals surface area contributed by atoms with E-state index in [4.69, 9.17) is 0 Å². The molecule has 2 aromatic heterocycles. The molecule has 1 fully saturated rings. The summed E-state index contributed by atoms with van der Waals surface area (Å²) in [5.74, 6) is 1.80. The summed E-state index contributed by atoms with van der Waals surface area (Å²) in [5, 5.41) is 4.32. The highest BCUT2D eigenvalue weighted by Gasteiger charge is 2.20. The summed E-state index contributed by atoms with van der Waals surface area (Å²) in [7, 11) is 2.09. The van der Waals surface area contributed by atoms with E-state index in [-0.39, 0.29) is 0 Å². The maximum Gasteiger partial charge on any atom is 0.128 e. The van der Waals surface area contributed by atoms with Crippen molar-refractivity contribution in [3.63, 3.8) is 0 Å². The molecule has 130 valence electrons. The molecule has 3 rings (SSSR count). The predicted octanol–water partition coefficient (Wildman–Crippen LogP) is 3.03. The van der Waals surface area contributed by atoms with Gasteiger partial charge in [0.05, 0.1) is 0 Å². The second-order valence-corrected chi connectivity index (χ2v) is 7.18. The van der Waals surface area contributed by atoms with Gasteiger partial charge in [0.1, 0.15) is 5.82 Å². The molecule has 0 bridgehead atoms. The van der Waals surface area contributed by atoms with E-state index in [1.807, 2.05) is 18.5 Å². The Morgan fingerprint density at radius 3 is 2.62 bits per heavy atom. The second-order valence-electron chi connectivity index (χ2n) is 7.18. The van der Waals surface area contributed by atoms with Crippen LogP contribution in [-0.4, -0.2) is 45.8 Å². The van der Waals surface area contributed by atoms with E-state index in [0.29, 0.717) is 6.04 Å². The first-order chi connectivity index (χ1) is 11.6. The molecule has 0 spiro atoms. The molecule has 24 heavy (non-hydrogen) atoms. The van der Waals surface area contributed by atoms with Crippen molar-refractivity contribution < 1.29 is 0 Å². The van der Waals surface area contributed by atoms with Crippen LogP contribution < -0.4 is 4.90 Å². The van der Waals surface area contributed by atoms with E-state index in [0.717, 1.165) is 24.8 Å². The van der Waals surface area contributed by atoms with E-state index in [1.54, 1.807) is 0 Å². The van der Waals surface area contributed by atoms with Gasteiger partial charge in [-0.2, -0.15) is 5.10 Å². The number of nitrogens with zero attached hydrogens (tertiary/aromatic N) is 5. The number of piperidine rings is 1. The molecule has 1 saturated heterocycles. The van der Waals surface area contributed by atoms with Gasteiger partial charge in [-0.25, -0.2) is 4.98 Å². The van der Waals surface area contributed by atoms with Gasteiger partial charge in [-0.1, -0.05) is 6.07 Å². The lowest BCUT2D eigenvalue weighted by Gasteiger charge is -2.32. The molecule has 0 radical (unpaired) electrons. The van der Waals surface area contributed by atoms with Crippen LogP contribution in [0.2, 0.25) is 0 Å². The fourth-order valence-electron chi connectivity index (χ4n) is 3.24. The smallest absolute Gasteiger partial charge is 0.128 e. The summed E-state index contributed by atoms with van der Waals surface area (Å²) in [4.78, 5) is 9.36. The zero-order valence-electron chi connectivity index (χ0n) is 15.1. The van der Waals surface area contributed by atoms with Gasteiger partial charge in [0.2, 0.25) is 0 Å². The quantitative estimate of drug-likeness (QED) is 0.817. The summed E-state index contributed by atoms with van der Waals surface area (Å²) < 4.78 is 2.06. The molecule has 0 unspecified atom stereocenters. The minimum Gasteiger partial charge on any atom is -0.357 e. The number of rotatable bonds is 6. The molecular weight excluding hydrogens is 298 g/mol. The normalized spacial score (nSPS) is 16.7. The van der Waals surface area contributed by atoms with Gasteiger partial charge in [-0.3, -0.25) is 9.58 Å². The average molecular weight is 327 g/mol. The second kappa shape index (κ2) is 7.79. The number of hydrogen-bond donors (Lipinski definition) is 0. The average Bonchev–Trinajstić information content (AvgIpc) is 3.09. The van der Waals surface area contributed by atoms with Gasteiger partial charge in [0.15, 0.2) is 0 Å². The molecule has 1 aliphatic rings. The van der Waals surface area contributed by atoms with Crippen LogP contribution in [0.25, 0.3) is 0 Å². The molecule has 0 atom stereocenters. The van der Waals surface area contributed by atoms with Gasteiger partial charge >= 0.3 is 0 Å². The number of anilines is 1. The van der Waals surface area contributed by atoms with Crippen LogP contribution in [0.15, 0.2) is 36.8 Å². The number of likely N-dealkylation sites (tertiary alicyclic amines) is 1. The van der Waals surface area contributed by atoms with Crippen molar-refractivity contribution in [2.75, 3.05) is 25.0 Å². The Morgan fingerprint density at radius 2 is 2.04 bits per heavy atom. The summed E-state index contributed by atoms with van der Waals surface area (Å²) in [6, 6.07) is 6.83. The molecule has 5 heteroatoms. The monoisotopic (exact) mass is 327 g/mol. The molecule has 0 N–H and O–H groups in total. The third kappa shape index (κ3) is 4.35. The largest absolute Gasteiger partial charge is 0.357 e. The van der Waals surface area contributed by atoms with Crippen LogP contribution in [0.3, 0.4) is 0 Å². The van der Waals surface area contributed by atoms with E-state index in [2.05, 4.69) is 63.8 Å². The van der Waals surface area contributed by atoms with Crippen molar-refractivity contribution in [1.29, 1.82) is 0 Å². The Bertz CT molecular complexity index is 597. The first-order valence-corrected chi connectivity index (χ1v) is 8.99. The van der Waals surface area contributed by atoms with Crippen molar-refractivity contribution in [3.05, 3.63) is 42.4 Å². The van der Waals surface area contributed by atoms with E-state index in [9.17, 15) is 0 Å². The molecule has 1 aliphatic heterocycles. The van der Waals surface area contributed by atoms with Crippen LogP contribution in [0, 0.1) is 5.92 Å². The topological polar surface area (TPSA) is 37.2 Å². The maximum atomic E-state index is 4.62. The van der Waals surface area contributed by atoms with E-state index < -0.39 is 0 Å². The Morgan fingerprint density at radius 1 is 1.25 bits per heavy atom.